The average Bonchev–Trinajstić information content (AvgIpc) is 2.37. The SMILES string of the molecule is CC(C)(C)OC(=O)NN(C(=O)OC(C)(C)C)C(=O)[C@@H](N)CCC(=O)O. The lowest BCUT2D eigenvalue weighted by atomic mass is 10.1. The Bertz CT molecular complexity index is 520. The van der Waals surface area contributed by atoms with Crippen LogP contribution in [0.2, 0.25) is 0 Å². The molecule has 10 nitrogen and oxygen atoms in total. The van der Waals surface area contributed by atoms with Crippen LogP contribution in [-0.4, -0.2) is 51.4 Å². The second-order valence-corrected chi connectivity index (χ2v) is 7.31. The third-order valence-corrected chi connectivity index (χ3v) is 2.38. The van der Waals surface area contributed by atoms with Crippen LogP contribution in [-0.2, 0) is 19.1 Å². The number of hydrogen-bond donors (Lipinski definition) is 3. The maximum atomic E-state index is 12.3. The zero-order valence-corrected chi connectivity index (χ0v) is 15.4. The van der Waals surface area contributed by atoms with Crippen LogP contribution in [0.3, 0.4) is 0 Å². The molecule has 0 rings (SSSR count). The van der Waals surface area contributed by atoms with Gasteiger partial charge in [0.25, 0.3) is 5.91 Å². The third kappa shape index (κ3) is 10.2. The Hall–Kier alpha value is -2.36. The summed E-state index contributed by atoms with van der Waals surface area (Å²) >= 11 is 0. The van der Waals surface area contributed by atoms with E-state index in [0.717, 1.165) is 0 Å². The van der Waals surface area contributed by atoms with Gasteiger partial charge < -0.3 is 20.3 Å². The summed E-state index contributed by atoms with van der Waals surface area (Å²) < 4.78 is 10.0. The molecule has 0 aliphatic heterocycles. The molecule has 10 heteroatoms. The van der Waals surface area contributed by atoms with Crippen LogP contribution >= 0.6 is 0 Å². The molecular weight excluding hydrogens is 334 g/mol. The Labute approximate surface area is 146 Å². The molecule has 144 valence electrons. The number of hydrogen-bond acceptors (Lipinski definition) is 7. The highest BCUT2D eigenvalue weighted by molar-refractivity contribution is 5.96. The summed E-state index contributed by atoms with van der Waals surface area (Å²) in [6, 6.07) is -1.32. The Balaban J connectivity index is 5.24. The molecule has 0 aromatic rings. The molecule has 0 aliphatic rings. The first-order chi connectivity index (χ1) is 11.1. The number of nitrogens with two attached hydrogens (primary N) is 1. The average molecular weight is 361 g/mol. The van der Waals surface area contributed by atoms with Crippen molar-refractivity contribution in [3.63, 3.8) is 0 Å². The highest BCUT2D eigenvalue weighted by Gasteiger charge is 2.33. The molecule has 0 saturated carbocycles. The molecule has 0 saturated heterocycles. The fraction of sp³-hybridized carbons (Fsp3) is 0.733. The van der Waals surface area contributed by atoms with E-state index >= 15 is 0 Å². The topological polar surface area (TPSA) is 148 Å². The first kappa shape index (κ1) is 22.6. The lowest BCUT2D eigenvalue weighted by molar-refractivity contribution is -0.138. The maximum Gasteiger partial charge on any atom is 0.436 e. The minimum atomic E-state index is -1.32. The van der Waals surface area contributed by atoms with Gasteiger partial charge in [0.1, 0.15) is 11.2 Å². The molecule has 0 aromatic carbocycles. The van der Waals surface area contributed by atoms with Crippen LogP contribution in [0.5, 0.6) is 0 Å². The number of hydrazine groups is 1. The van der Waals surface area contributed by atoms with E-state index in [1.165, 1.54) is 0 Å². The van der Waals surface area contributed by atoms with E-state index in [0.29, 0.717) is 5.01 Å². The molecule has 0 radical (unpaired) electrons. The van der Waals surface area contributed by atoms with Crippen molar-refractivity contribution in [1.82, 2.24) is 10.4 Å². The number of aliphatic carboxylic acids is 1. The second-order valence-electron chi connectivity index (χ2n) is 7.31. The summed E-state index contributed by atoms with van der Waals surface area (Å²) in [5.74, 6) is -2.16. The molecule has 0 heterocycles. The van der Waals surface area contributed by atoms with Crippen LogP contribution in [0.1, 0.15) is 54.4 Å². The first-order valence-corrected chi connectivity index (χ1v) is 7.66. The highest BCUT2D eigenvalue weighted by atomic mass is 16.6. The van der Waals surface area contributed by atoms with Crippen LogP contribution in [0, 0.1) is 0 Å². The summed E-state index contributed by atoms with van der Waals surface area (Å²) in [5.41, 5.74) is 5.80. The van der Waals surface area contributed by atoms with Gasteiger partial charge in [-0.3, -0.25) is 9.59 Å². The van der Waals surface area contributed by atoms with Crippen LogP contribution < -0.4 is 11.2 Å². The van der Waals surface area contributed by atoms with Crippen molar-refractivity contribution in [3.8, 4) is 0 Å². The van der Waals surface area contributed by atoms with Gasteiger partial charge >= 0.3 is 18.2 Å². The van der Waals surface area contributed by atoms with Gasteiger partial charge in [0, 0.05) is 6.42 Å². The Morgan fingerprint density at radius 2 is 1.52 bits per heavy atom. The predicted octanol–water partition coefficient (Wildman–Crippen LogP) is 1.38. The van der Waals surface area contributed by atoms with E-state index in [4.69, 9.17) is 20.3 Å². The van der Waals surface area contributed by atoms with E-state index in [2.05, 4.69) is 0 Å². The minimum absolute atomic E-state index is 0.219. The van der Waals surface area contributed by atoms with E-state index in [1.54, 1.807) is 41.5 Å². The van der Waals surface area contributed by atoms with Crippen molar-refractivity contribution in [2.75, 3.05) is 0 Å². The molecule has 3 amide bonds. The monoisotopic (exact) mass is 361 g/mol. The van der Waals surface area contributed by atoms with Crippen molar-refractivity contribution in [2.45, 2.75) is 71.6 Å². The highest BCUT2D eigenvalue weighted by Crippen LogP contribution is 2.12. The van der Waals surface area contributed by atoms with E-state index in [1.807, 2.05) is 5.43 Å². The maximum absolute atomic E-state index is 12.3. The number of nitrogens with zero attached hydrogens (tertiary/aromatic N) is 1. The van der Waals surface area contributed by atoms with Gasteiger partial charge in [-0.1, -0.05) is 0 Å². The van der Waals surface area contributed by atoms with Gasteiger partial charge in [0.2, 0.25) is 0 Å². The van der Waals surface area contributed by atoms with E-state index < -0.39 is 41.3 Å². The number of carbonyl (C=O) groups is 4. The largest absolute Gasteiger partial charge is 0.481 e. The van der Waals surface area contributed by atoms with Gasteiger partial charge in [-0.2, -0.15) is 0 Å². The Morgan fingerprint density at radius 3 is 1.92 bits per heavy atom. The molecule has 4 N–H and O–H groups in total. The van der Waals surface area contributed by atoms with Crippen molar-refractivity contribution in [2.24, 2.45) is 5.73 Å². The lowest BCUT2D eigenvalue weighted by Gasteiger charge is -2.28. The molecule has 0 aromatic heterocycles. The fourth-order valence-corrected chi connectivity index (χ4v) is 1.46. The van der Waals surface area contributed by atoms with Crippen LogP contribution in [0.4, 0.5) is 9.59 Å². The molecule has 0 bridgehead atoms. The fourth-order valence-electron chi connectivity index (χ4n) is 1.46. The summed E-state index contributed by atoms with van der Waals surface area (Å²) in [7, 11) is 0. The summed E-state index contributed by atoms with van der Waals surface area (Å²) in [5, 5.41) is 8.95. The van der Waals surface area contributed by atoms with Crippen LogP contribution in [0.15, 0.2) is 0 Å². The van der Waals surface area contributed by atoms with Crippen molar-refractivity contribution >= 4 is 24.1 Å². The number of carboxylic acids is 1. The first-order valence-electron chi connectivity index (χ1n) is 7.66. The number of amides is 3. The van der Waals surface area contributed by atoms with E-state index in [9.17, 15) is 19.2 Å². The quantitative estimate of drug-likeness (QED) is 0.636. The number of rotatable bonds is 4. The predicted molar refractivity (Wildman–Crippen MR) is 87.3 cm³/mol. The minimum Gasteiger partial charge on any atom is -0.481 e. The van der Waals surface area contributed by atoms with Gasteiger partial charge in [-0.05, 0) is 48.0 Å². The molecule has 0 unspecified atom stereocenters. The summed E-state index contributed by atoms with van der Waals surface area (Å²) in [6.45, 7) is 9.53. The van der Waals surface area contributed by atoms with Crippen molar-refractivity contribution < 1.29 is 33.8 Å². The second kappa shape index (κ2) is 8.65. The van der Waals surface area contributed by atoms with Crippen molar-refractivity contribution in [1.29, 1.82) is 0 Å². The normalized spacial score (nSPS) is 12.8. The lowest BCUT2D eigenvalue weighted by Crippen LogP contribution is -2.57. The number of ether oxygens (including phenoxy) is 2. The number of imide groups is 1. The van der Waals surface area contributed by atoms with E-state index in [-0.39, 0.29) is 12.8 Å². The Morgan fingerprint density at radius 1 is 1.04 bits per heavy atom. The van der Waals surface area contributed by atoms with Gasteiger partial charge in [0.05, 0.1) is 6.04 Å². The molecule has 25 heavy (non-hydrogen) atoms. The number of nitrogens with one attached hydrogen (secondary N) is 1. The van der Waals surface area contributed by atoms with Gasteiger partial charge in [0.15, 0.2) is 0 Å². The smallest absolute Gasteiger partial charge is 0.436 e. The molecule has 0 fully saturated rings. The van der Waals surface area contributed by atoms with Gasteiger partial charge in [-0.15, -0.1) is 5.01 Å². The summed E-state index contributed by atoms with van der Waals surface area (Å²) in [6.07, 6.45) is -2.81. The number of carboxylic acid groups (broad SMARTS) is 1. The van der Waals surface area contributed by atoms with Crippen LogP contribution in [0.25, 0.3) is 0 Å². The zero-order chi connectivity index (χ0) is 20.0. The standard InChI is InChI=1S/C15H27N3O7/c1-14(2,3)24-12(22)17-18(13(23)25-15(4,5)6)11(21)9(16)7-8-10(19)20/h9H,7-8,16H2,1-6H3,(H,17,22)(H,19,20)/t9-/m0/s1. The molecule has 0 aliphatic carbocycles. The molecular formula is C15H27N3O7. The molecule has 0 spiro atoms. The number of carbonyl (C=O) groups excluding carboxylic acids is 3. The third-order valence-electron chi connectivity index (χ3n) is 2.38. The Kier molecular flexibility index (Phi) is 7.84. The summed E-state index contributed by atoms with van der Waals surface area (Å²) in [4.78, 5) is 47.0. The van der Waals surface area contributed by atoms with Gasteiger partial charge in [-0.25, -0.2) is 15.0 Å². The molecule has 1 atom stereocenters. The van der Waals surface area contributed by atoms with Crippen molar-refractivity contribution in [3.05, 3.63) is 0 Å². The zero-order valence-electron chi connectivity index (χ0n) is 15.4.